The van der Waals surface area contributed by atoms with Gasteiger partial charge in [0.05, 0.1) is 18.7 Å². The molecule has 14 heavy (non-hydrogen) atoms. The Morgan fingerprint density at radius 3 is 3.00 bits per heavy atom. The van der Waals surface area contributed by atoms with Crippen LogP contribution in [0.4, 0.5) is 5.82 Å². The van der Waals surface area contributed by atoms with Crippen LogP contribution in [-0.4, -0.2) is 33.8 Å². The number of H-pyrrole nitrogens is 1. The van der Waals surface area contributed by atoms with Gasteiger partial charge < -0.3 is 15.0 Å². The van der Waals surface area contributed by atoms with E-state index in [1.54, 1.807) is 11.1 Å². The second kappa shape index (κ2) is 3.09. The Bertz CT molecular complexity index is 382. The molecule has 2 heterocycles. The molecule has 1 aromatic heterocycles. The molecule has 76 valence electrons. The maximum Gasteiger partial charge on any atom is 0.290 e. The SMILES string of the molecule is CCC1(O)CN(c2ncc[nH]c2=O)C1. The Kier molecular flexibility index (Phi) is 2.03. The normalized spacial score (nSPS) is 19.1. The predicted molar refractivity (Wildman–Crippen MR) is 52.3 cm³/mol. The molecular formula is C9H13N3O2. The van der Waals surface area contributed by atoms with Crippen molar-refractivity contribution < 1.29 is 5.11 Å². The first kappa shape index (κ1) is 9.21. The Hall–Kier alpha value is -1.36. The summed E-state index contributed by atoms with van der Waals surface area (Å²) in [7, 11) is 0. The van der Waals surface area contributed by atoms with Crippen molar-refractivity contribution in [3.63, 3.8) is 0 Å². The van der Waals surface area contributed by atoms with Gasteiger partial charge in [-0.05, 0) is 6.42 Å². The molecule has 1 aliphatic heterocycles. The van der Waals surface area contributed by atoms with Crippen LogP contribution in [0.5, 0.6) is 0 Å². The number of nitrogens with zero attached hydrogens (tertiary/aromatic N) is 2. The van der Waals surface area contributed by atoms with Crippen molar-refractivity contribution in [2.75, 3.05) is 18.0 Å². The summed E-state index contributed by atoms with van der Waals surface area (Å²) < 4.78 is 0. The Morgan fingerprint density at radius 1 is 1.71 bits per heavy atom. The third-order valence-corrected chi connectivity index (χ3v) is 2.62. The van der Waals surface area contributed by atoms with E-state index in [1.165, 1.54) is 6.20 Å². The molecule has 0 bridgehead atoms. The molecule has 0 atom stereocenters. The van der Waals surface area contributed by atoms with Crippen molar-refractivity contribution in [2.45, 2.75) is 18.9 Å². The molecule has 0 unspecified atom stereocenters. The first-order valence-corrected chi connectivity index (χ1v) is 4.66. The monoisotopic (exact) mass is 195 g/mol. The molecule has 0 saturated carbocycles. The van der Waals surface area contributed by atoms with Crippen molar-refractivity contribution in [1.82, 2.24) is 9.97 Å². The number of hydrogen-bond donors (Lipinski definition) is 2. The van der Waals surface area contributed by atoms with E-state index in [4.69, 9.17) is 0 Å². The van der Waals surface area contributed by atoms with Crippen LogP contribution >= 0.6 is 0 Å². The summed E-state index contributed by atoms with van der Waals surface area (Å²) in [6, 6.07) is 0. The predicted octanol–water partition coefficient (Wildman–Crippen LogP) is -0.269. The number of anilines is 1. The summed E-state index contributed by atoms with van der Waals surface area (Å²) in [5, 5.41) is 9.76. The lowest BCUT2D eigenvalue weighted by molar-refractivity contribution is 0.00791. The van der Waals surface area contributed by atoms with E-state index in [1.807, 2.05) is 6.92 Å². The van der Waals surface area contributed by atoms with Crippen LogP contribution < -0.4 is 10.5 Å². The highest BCUT2D eigenvalue weighted by molar-refractivity contribution is 5.41. The third kappa shape index (κ3) is 1.39. The fourth-order valence-electron chi connectivity index (χ4n) is 1.61. The van der Waals surface area contributed by atoms with E-state index < -0.39 is 5.60 Å². The van der Waals surface area contributed by atoms with Gasteiger partial charge in [-0.15, -0.1) is 0 Å². The lowest BCUT2D eigenvalue weighted by atomic mass is 9.91. The average Bonchev–Trinajstić information content (AvgIpc) is 2.14. The number of hydrogen-bond acceptors (Lipinski definition) is 4. The molecular weight excluding hydrogens is 182 g/mol. The fourth-order valence-corrected chi connectivity index (χ4v) is 1.61. The largest absolute Gasteiger partial charge is 0.386 e. The van der Waals surface area contributed by atoms with Crippen LogP contribution in [0.15, 0.2) is 17.2 Å². The van der Waals surface area contributed by atoms with Gasteiger partial charge in [-0.25, -0.2) is 4.98 Å². The zero-order valence-corrected chi connectivity index (χ0v) is 8.03. The highest BCUT2D eigenvalue weighted by atomic mass is 16.3. The number of β-amino-alcohol motifs (C(OH)–C–C–N with tert-alkyl or cyclic N) is 1. The third-order valence-electron chi connectivity index (χ3n) is 2.62. The van der Waals surface area contributed by atoms with Crippen LogP contribution in [0, 0.1) is 0 Å². The highest BCUT2D eigenvalue weighted by Gasteiger charge is 2.40. The van der Waals surface area contributed by atoms with Crippen LogP contribution in [0.2, 0.25) is 0 Å². The zero-order valence-electron chi connectivity index (χ0n) is 8.03. The van der Waals surface area contributed by atoms with Gasteiger partial charge in [-0.1, -0.05) is 6.92 Å². The summed E-state index contributed by atoms with van der Waals surface area (Å²) in [6.07, 6.45) is 3.74. The maximum atomic E-state index is 11.3. The maximum absolute atomic E-state index is 11.3. The molecule has 5 nitrogen and oxygen atoms in total. The highest BCUT2D eigenvalue weighted by Crippen LogP contribution is 2.26. The summed E-state index contributed by atoms with van der Waals surface area (Å²) in [6.45, 7) is 2.91. The Morgan fingerprint density at radius 2 is 2.43 bits per heavy atom. The van der Waals surface area contributed by atoms with E-state index in [2.05, 4.69) is 9.97 Å². The molecule has 0 amide bonds. The molecule has 2 N–H and O–H groups in total. The van der Waals surface area contributed by atoms with Gasteiger partial charge >= 0.3 is 0 Å². The van der Waals surface area contributed by atoms with Crippen molar-refractivity contribution in [3.8, 4) is 0 Å². The first-order chi connectivity index (χ1) is 6.64. The Balaban J connectivity index is 2.14. The number of aromatic amines is 1. The van der Waals surface area contributed by atoms with Gasteiger partial charge in [-0.3, -0.25) is 4.79 Å². The van der Waals surface area contributed by atoms with Crippen molar-refractivity contribution in [1.29, 1.82) is 0 Å². The summed E-state index contributed by atoms with van der Waals surface area (Å²) in [5.74, 6) is 0.394. The molecule has 0 aliphatic carbocycles. The minimum Gasteiger partial charge on any atom is -0.386 e. The molecule has 1 aliphatic rings. The fraction of sp³-hybridized carbons (Fsp3) is 0.556. The van der Waals surface area contributed by atoms with Crippen LogP contribution in [0.25, 0.3) is 0 Å². The minimum absolute atomic E-state index is 0.203. The molecule has 1 aromatic rings. The lowest BCUT2D eigenvalue weighted by Crippen LogP contribution is -2.62. The van der Waals surface area contributed by atoms with Crippen LogP contribution in [0.1, 0.15) is 13.3 Å². The lowest BCUT2D eigenvalue weighted by Gasteiger charge is -2.46. The van der Waals surface area contributed by atoms with Crippen molar-refractivity contribution in [3.05, 3.63) is 22.7 Å². The van der Waals surface area contributed by atoms with Crippen LogP contribution in [-0.2, 0) is 0 Å². The number of nitrogens with one attached hydrogen (secondary N) is 1. The number of rotatable bonds is 2. The van der Waals surface area contributed by atoms with E-state index in [9.17, 15) is 9.90 Å². The quantitative estimate of drug-likeness (QED) is 0.681. The van der Waals surface area contributed by atoms with Crippen molar-refractivity contribution in [2.24, 2.45) is 0 Å². The molecule has 0 aromatic carbocycles. The van der Waals surface area contributed by atoms with Crippen LogP contribution in [0.3, 0.4) is 0 Å². The molecule has 1 fully saturated rings. The molecule has 2 rings (SSSR count). The molecule has 0 spiro atoms. The van der Waals surface area contributed by atoms with Gasteiger partial charge in [0, 0.05) is 12.4 Å². The summed E-state index contributed by atoms with van der Waals surface area (Å²) in [5.41, 5.74) is -0.838. The van der Waals surface area contributed by atoms with E-state index in [0.717, 1.165) is 0 Å². The zero-order chi connectivity index (χ0) is 10.2. The first-order valence-electron chi connectivity index (χ1n) is 4.66. The van der Waals surface area contributed by atoms with Gasteiger partial charge in [0.1, 0.15) is 0 Å². The Labute approximate surface area is 81.4 Å². The van der Waals surface area contributed by atoms with Crippen molar-refractivity contribution >= 4 is 5.82 Å². The number of aliphatic hydroxyl groups is 1. The standard InChI is InChI=1S/C9H13N3O2/c1-2-9(14)5-12(6-9)7-8(13)11-4-3-10-7/h3-4,14H,2,5-6H2,1H3,(H,11,13). The molecule has 0 radical (unpaired) electrons. The molecule has 5 heteroatoms. The average molecular weight is 195 g/mol. The van der Waals surface area contributed by atoms with Gasteiger partial charge in [0.25, 0.3) is 5.56 Å². The summed E-state index contributed by atoms with van der Waals surface area (Å²) >= 11 is 0. The second-order valence-corrected chi connectivity index (χ2v) is 3.68. The molecule has 1 saturated heterocycles. The topological polar surface area (TPSA) is 69.2 Å². The number of aromatic nitrogens is 2. The van der Waals surface area contributed by atoms with E-state index >= 15 is 0 Å². The van der Waals surface area contributed by atoms with Gasteiger partial charge in [0.2, 0.25) is 0 Å². The minimum atomic E-state index is -0.635. The van der Waals surface area contributed by atoms with Gasteiger partial charge in [-0.2, -0.15) is 0 Å². The second-order valence-electron chi connectivity index (χ2n) is 3.68. The van der Waals surface area contributed by atoms with E-state index in [-0.39, 0.29) is 5.56 Å². The van der Waals surface area contributed by atoms with Gasteiger partial charge in [0.15, 0.2) is 5.82 Å². The smallest absolute Gasteiger partial charge is 0.290 e. The summed E-state index contributed by atoms with van der Waals surface area (Å²) in [4.78, 5) is 19.6. The van der Waals surface area contributed by atoms with E-state index in [0.29, 0.717) is 25.3 Å².